The summed E-state index contributed by atoms with van der Waals surface area (Å²) >= 11 is 0. The molecule has 0 bridgehead atoms. The minimum absolute atomic E-state index is 0.118. The van der Waals surface area contributed by atoms with Gasteiger partial charge in [-0.25, -0.2) is 0 Å². The Labute approximate surface area is 424 Å². The van der Waals surface area contributed by atoms with Crippen LogP contribution in [0.25, 0.3) is 0 Å². The van der Waals surface area contributed by atoms with Crippen molar-refractivity contribution < 1.29 is 28.6 Å². The molecule has 1 atom stereocenters. The first-order valence-electron chi connectivity index (χ1n) is 27.7. The Kier molecular flexibility index (Phi) is 52.5. The molecule has 0 spiro atoms. The molecule has 0 aliphatic carbocycles. The van der Waals surface area contributed by atoms with E-state index in [0.717, 1.165) is 103 Å². The van der Waals surface area contributed by atoms with Crippen molar-refractivity contribution in [3.8, 4) is 0 Å². The van der Waals surface area contributed by atoms with Crippen LogP contribution in [0.1, 0.15) is 226 Å². The standard InChI is InChI=1S/C63H100O6/c1-4-7-10-13-16-19-22-25-27-29-31-33-35-38-41-44-47-50-53-56-62(65)68-59-60(58-67-61(64)55-52-49-46-43-40-37-24-21-18-15-12-9-6-3)69-63(66)57-54-51-48-45-42-39-36-34-32-30-28-26-23-20-17-14-11-8-5-2/h7,9-10,12,15-21,23-27,31,33,38,41,47,50,60H,4-6,8,11,13-14,22,28-30,32,34-37,39-40,42-46,48-49,51-59H2,1-3H3/b10-7+,12-9+,18-15+,19-16+,20-17+,24-21+,26-23+,27-25+,33-31+,41-38+,50-47+. The van der Waals surface area contributed by atoms with Crippen molar-refractivity contribution in [2.45, 2.75) is 232 Å². The summed E-state index contributed by atoms with van der Waals surface area (Å²) in [6, 6.07) is 0. The third-order valence-electron chi connectivity index (χ3n) is 11.2. The number of carbonyl (C=O) groups excluding carboxylic acids is 3. The normalized spacial score (nSPS) is 13.1. The summed E-state index contributed by atoms with van der Waals surface area (Å²) in [7, 11) is 0. The second-order valence-electron chi connectivity index (χ2n) is 17.8. The first-order valence-corrected chi connectivity index (χ1v) is 27.7. The molecule has 0 amide bonds. The molecule has 0 aliphatic rings. The van der Waals surface area contributed by atoms with Crippen LogP contribution in [-0.4, -0.2) is 37.2 Å². The lowest BCUT2D eigenvalue weighted by molar-refractivity contribution is -0.166. The van der Waals surface area contributed by atoms with Crippen LogP contribution in [0, 0.1) is 0 Å². The molecule has 0 rings (SSSR count). The topological polar surface area (TPSA) is 78.9 Å². The molecular weight excluding hydrogens is 853 g/mol. The van der Waals surface area contributed by atoms with E-state index in [4.69, 9.17) is 14.2 Å². The average molecular weight is 953 g/mol. The highest BCUT2D eigenvalue weighted by Gasteiger charge is 2.19. The Morgan fingerprint density at radius 1 is 0.319 bits per heavy atom. The quantitative estimate of drug-likeness (QED) is 0.0199. The van der Waals surface area contributed by atoms with E-state index >= 15 is 0 Å². The molecule has 0 aromatic heterocycles. The molecule has 0 heterocycles. The molecule has 0 saturated heterocycles. The molecule has 69 heavy (non-hydrogen) atoms. The maximum absolute atomic E-state index is 12.8. The van der Waals surface area contributed by atoms with Crippen LogP contribution in [0.5, 0.6) is 0 Å². The number of carbonyl (C=O) groups is 3. The van der Waals surface area contributed by atoms with E-state index in [1.807, 2.05) is 12.2 Å². The Bertz CT molecular complexity index is 1510. The molecule has 0 N–H and O–H groups in total. The van der Waals surface area contributed by atoms with E-state index in [1.165, 1.54) is 77.0 Å². The summed E-state index contributed by atoms with van der Waals surface area (Å²) in [5.74, 6) is -1.03. The second kappa shape index (κ2) is 56.1. The zero-order valence-electron chi connectivity index (χ0n) is 44.3. The fourth-order valence-corrected chi connectivity index (χ4v) is 7.10. The van der Waals surface area contributed by atoms with Crippen LogP contribution in [0.4, 0.5) is 0 Å². The van der Waals surface area contributed by atoms with Crippen molar-refractivity contribution in [2.75, 3.05) is 13.2 Å². The Hall–Kier alpha value is -4.45. The van der Waals surface area contributed by atoms with Gasteiger partial charge in [-0.3, -0.25) is 14.4 Å². The summed E-state index contributed by atoms with van der Waals surface area (Å²) in [5.41, 5.74) is 0. The highest BCUT2D eigenvalue weighted by atomic mass is 16.6. The van der Waals surface area contributed by atoms with Crippen LogP contribution >= 0.6 is 0 Å². The van der Waals surface area contributed by atoms with Crippen molar-refractivity contribution in [1.82, 2.24) is 0 Å². The van der Waals surface area contributed by atoms with Gasteiger partial charge in [0.25, 0.3) is 0 Å². The van der Waals surface area contributed by atoms with Crippen molar-refractivity contribution in [2.24, 2.45) is 0 Å². The van der Waals surface area contributed by atoms with E-state index in [1.54, 1.807) is 0 Å². The van der Waals surface area contributed by atoms with Gasteiger partial charge in [0, 0.05) is 19.3 Å². The highest BCUT2D eigenvalue weighted by molar-refractivity contribution is 5.71. The van der Waals surface area contributed by atoms with E-state index in [2.05, 4.69) is 142 Å². The van der Waals surface area contributed by atoms with E-state index < -0.39 is 6.10 Å². The lowest BCUT2D eigenvalue weighted by atomic mass is 10.1. The summed E-state index contributed by atoms with van der Waals surface area (Å²) in [6.07, 6.45) is 78.8. The summed E-state index contributed by atoms with van der Waals surface area (Å²) in [4.78, 5) is 38.1. The first-order chi connectivity index (χ1) is 34.0. The predicted octanol–water partition coefficient (Wildman–Crippen LogP) is 18.6. The molecule has 0 aliphatic heterocycles. The number of esters is 3. The number of allylic oxidation sites excluding steroid dienone is 22. The maximum atomic E-state index is 12.8. The molecule has 6 nitrogen and oxygen atoms in total. The molecular formula is C63H100O6. The third kappa shape index (κ3) is 54.4. The van der Waals surface area contributed by atoms with Gasteiger partial charge >= 0.3 is 17.9 Å². The van der Waals surface area contributed by atoms with Crippen LogP contribution in [-0.2, 0) is 28.6 Å². The first kappa shape index (κ1) is 64.5. The SMILES string of the molecule is CC/C=C/C=C/C=C/CCCCCCCC(=O)OCC(COC(=O)CC/C=C/C/C=C/C/C=C/C/C=C/C/C=C/C/C=C/CC)OC(=O)CCCCCCCCCCCC/C=C/C=C/CCCCC. The lowest BCUT2D eigenvalue weighted by Gasteiger charge is -2.18. The van der Waals surface area contributed by atoms with Gasteiger partial charge in [-0.15, -0.1) is 0 Å². The zero-order valence-corrected chi connectivity index (χ0v) is 44.3. The zero-order chi connectivity index (χ0) is 50.0. The van der Waals surface area contributed by atoms with E-state index in [0.29, 0.717) is 19.3 Å². The van der Waals surface area contributed by atoms with Gasteiger partial charge < -0.3 is 14.2 Å². The minimum Gasteiger partial charge on any atom is -0.462 e. The fourth-order valence-electron chi connectivity index (χ4n) is 7.10. The third-order valence-corrected chi connectivity index (χ3v) is 11.2. The number of ether oxygens (including phenoxy) is 3. The molecule has 0 fully saturated rings. The van der Waals surface area contributed by atoms with Crippen molar-refractivity contribution >= 4 is 17.9 Å². The molecule has 0 aromatic carbocycles. The lowest BCUT2D eigenvalue weighted by Crippen LogP contribution is -2.30. The van der Waals surface area contributed by atoms with Crippen molar-refractivity contribution in [3.63, 3.8) is 0 Å². The van der Waals surface area contributed by atoms with Gasteiger partial charge in [0.1, 0.15) is 13.2 Å². The maximum Gasteiger partial charge on any atom is 0.306 e. The van der Waals surface area contributed by atoms with Crippen LogP contribution in [0.15, 0.2) is 134 Å². The predicted molar refractivity (Wildman–Crippen MR) is 297 cm³/mol. The van der Waals surface area contributed by atoms with Crippen LogP contribution in [0.2, 0.25) is 0 Å². The Balaban J connectivity index is 4.53. The number of hydrogen-bond acceptors (Lipinski definition) is 6. The van der Waals surface area contributed by atoms with E-state index in [-0.39, 0.29) is 37.5 Å². The van der Waals surface area contributed by atoms with E-state index in [9.17, 15) is 14.4 Å². The number of hydrogen-bond donors (Lipinski definition) is 0. The van der Waals surface area contributed by atoms with Gasteiger partial charge in [0.15, 0.2) is 6.10 Å². The summed E-state index contributed by atoms with van der Waals surface area (Å²) in [5, 5.41) is 0. The smallest absolute Gasteiger partial charge is 0.306 e. The monoisotopic (exact) mass is 953 g/mol. The van der Waals surface area contributed by atoms with Gasteiger partial charge in [0.2, 0.25) is 0 Å². The average Bonchev–Trinajstić information content (AvgIpc) is 3.35. The molecule has 1 unspecified atom stereocenters. The fraction of sp³-hybridized carbons (Fsp3) is 0.603. The number of unbranched alkanes of at least 4 members (excludes halogenated alkanes) is 18. The molecule has 388 valence electrons. The van der Waals surface area contributed by atoms with Crippen LogP contribution in [0.3, 0.4) is 0 Å². The molecule has 6 heteroatoms. The molecule has 0 saturated carbocycles. The number of rotatable bonds is 48. The van der Waals surface area contributed by atoms with Gasteiger partial charge in [-0.05, 0) is 103 Å². The minimum atomic E-state index is -0.824. The summed E-state index contributed by atoms with van der Waals surface area (Å²) in [6.45, 7) is 6.27. The van der Waals surface area contributed by atoms with Crippen LogP contribution < -0.4 is 0 Å². The highest BCUT2D eigenvalue weighted by Crippen LogP contribution is 2.14. The Morgan fingerprint density at radius 2 is 0.667 bits per heavy atom. The van der Waals surface area contributed by atoms with Crippen molar-refractivity contribution in [3.05, 3.63) is 134 Å². The summed E-state index contributed by atoms with van der Waals surface area (Å²) < 4.78 is 16.7. The largest absolute Gasteiger partial charge is 0.462 e. The van der Waals surface area contributed by atoms with Crippen molar-refractivity contribution in [1.29, 1.82) is 0 Å². The molecule has 0 radical (unpaired) electrons. The molecule has 0 aromatic rings. The Morgan fingerprint density at radius 3 is 1.12 bits per heavy atom. The second-order valence-corrected chi connectivity index (χ2v) is 17.8. The van der Waals surface area contributed by atoms with Gasteiger partial charge in [-0.2, -0.15) is 0 Å². The van der Waals surface area contributed by atoms with Gasteiger partial charge in [0.05, 0.1) is 0 Å². The van der Waals surface area contributed by atoms with Gasteiger partial charge in [-0.1, -0.05) is 238 Å².